The van der Waals surface area contributed by atoms with Crippen LogP contribution in [0.2, 0.25) is 0 Å². The van der Waals surface area contributed by atoms with E-state index < -0.39 is 30.4 Å². The van der Waals surface area contributed by atoms with E-state index in [1.54, 1.807) is 42.5 Å². The molecule has 0 saturated carbocycles. The minimum Gasteiger partial charge on any atom is -0.478 e. The first kappa shape index (κ1) is 28.2. The van der Waals surface area contributed by atoms with Crippen molar-refractivity contribution >= 4 is 46.4 Å². The normalized spacial score (nSPS) is 10.5. The predicted octanol–water partition coefficient (Wildman–Crippen LogP) is 2.52. The van der Waals surface area contributed by atoms with Crippen molar-refractivity contribution in [3.63, 3.8) is 0 Å². The quantitative estimate of drug-likeness (QED) is 0.0664. The van der Waals surface area contributed by atoms with Crippen LogP contribution in [-0.2, 0) is 16.2 Å². The molecule has 0 unspecified atom stereocenters. The summed E-state index contributed by atoms with van der Waals surface area (Å²) in [4.78, 5) is 58.9. The number of pyridine rings is 1. The molecule has 41 heavy (non-hydrogen) atoms. The molecule has 4 aromatic rings. The summed E-state index contributed by atoms with van der Waals surface area (Å²) in [6, 6.07) is 19.8. The van der Waals surface area contributed by atoms with E-state index in [4.69, 9.17) is 21.8 Å². The van der Waals surface area contributed by atoms with Gasteiger partial charge in [-0.1, -0.05) is 12.1 Å². The van der Waals surface area contributed by atoms with Crippen LogP contribution in [0.5, 0.6) is 5.75 Å². The van der Waals surface area contributed by atoms with E-state index in [0.717, 1.165) is 4.90 Å². The molecule has 208 valence electrons. The molecule has 13 nitrogen and oxygen atoms in total. The number of nitrogens with two attached hydrogens (primary N) is 2. The summed E-state index contributed by atoms with van der Waals surface area (Å²) in [6.45, 7) is -0.598. The average molecular weight is 557 g/mol. The van der Waals surface area contributed by atoms with Crippen molar-refractivity contribution < 1.29 is 33.9 Å². The van der Waals surface area contributed by atoms with Crippen LogP contribution in [0.25, 0.3) is 10.9 Å². The minimum atomic E-state index is -1.20. The van der Waals surface area contributed by atoms with Gasteiger partial charge in [0.2, 0.25) is 0 Å². The van der Waals surface area contributed by atoms with Crippen LogP contribution in [0, 0.1) is 5.41 Å². The monoisotopic (exact) mass is 556 g/mol. The molecule has 0 atom stereocenters. The van der Waals surface area contributed by atoms with Crippen molar-refractivity contribution in [3.8, 4) is 5.75 Å². The first-order valence-corrected chi connectivity index (χ1v) is 12.0. The van der Waals surface area contributed by atoms with Crippen molar-refractivity contribution in [2.45, 2.75) is 6.54 Å². The molecular formula is C28H24N6O7. The van der Waals surface area contributed by atoms with Gasteiger partial charge in [0.25, 0.3) is 5.91 Å². The molecule has 0 bridgehead atoms. The number of carbonyl (C=O) groups excluding carboxylic acids is 3. The number of aromatic nitrogens is 1. The highest BCUT2D eigenvalue weighted by Crippen LogP contribution is 2.22. The number of carbonyl (C=O) groups is 4. The number of rotatable bonds is 9. The van der Waals surface area contributed by atoms with E-state index in [2.05, 4.69) is 15.1 Å². The van der Waals surface area contributed by atoms with Crippen molar-refractivity contribution in [2.24, 2.45) is 11.6 Å². The number of aromatic carboxylic acids is 1. The molecule has 13 heteroatoms. The summed E-state index contributed by atoms with van der Waals surface area (Å²) in [5.74, 6) is 1.75. The SMILES string of the molecule is N=C(N)Nc1ccc(C(=O)Oc2ccc3nc(CN(CC(=O)ON)C(=O)c4cccc(C(=O)O)c4)ccc3c2)cc1. The van der Waals surface area contributed by atoms with E-state index in [0.29, 0.717) is 27.8 Å². The molecule has 0 aliphatic carbocycles. The van der Waals surface area contributed by atoms with Crippen molar-refractivity contribution in [1.29, 1.82) is 5.41 Å². The Bertz CT molecular complexity index is 1660. The number of benzene rings is 3. The van der Waals surface area contributed by atoms with Crippen LogP contribution >= 0.6 is 0 Å². The largest absolute Gasteiger partial charge is 0.478 e. The smallest absolute Gasteiger partial charge is 0.344 e. The summed E-state index contributed by atoms with van der Waals surface area (Å²) < 4.78 is 5.48. The van der Waals surface area contributed by atoms with Gasteiger partial charge in [0.15, 0.2) is 5.96 Å². The predicted molar refractivity (Wildman–Crippen MR) is 147 cm³/mol. The number of carboxylic acid groups (broad SMARTS) is 1. The zero-order valence-electron chi connectivity index (χ0n) is 21.4. The molecule has 4 rings (SSSR count). The Kier molecular flexibility index (Phi) is 8.50. The van der Waals surface area contributed by atoms with Gasteiger partial charge in [0.1, 0.15) is 12.3 Å². The van der Waals surface area contributed by atoms with Gasteiger partial charge in [-0.2, -0.15) is 5.90 Å². The van der Waals surface area contributed by atoms with Gasteiger partial charge >= 0.3 is 17.9 Å². The van der Waals surface area contributed by atoms with Crippen LogP contribution in [0.3, 0.4) is 0 Å². The summed E-state index contributed by atoms with van der Waals surface area (Å²) in [5, 5.41) is 19.8. The molecule has 0 spiro atoms. The van der Waals surface area contributed by atoms with Gasteiger partial charge in [0.05, 0.1) is 28.9 Å². The third-order valence-electron chi connectivity index (χ3n) is 5.78. The molecule has 1 heterocycles. The lowest BCUT2D eigenvalue weighted by Crippen LogP contribution is -2.37. The van der Waals surface area contributed by atoms with Crippen molar-refractivity contribution in [1.82, 2.24) is 9.88 Å². The Labute approximate surface area is 232 Å². The van der Waals surface area contributed by atoms with Crippen LogP contribution in [0.1, 0.15) is 36.8 Å². The van der Waals surface area contributed by atoms with Gasteiger partial charge < -0.3 is 30.6 Å². The second-order valence-corrected chi connectivity index (χ2v) is 8.70. The standard InChI is InChI=1S/C28H24N6O7/c29-28(30)33-20-7-4-16(5-8-20)27(39)40-22-10-11-23-17(13-22)6-9-21(32-23)14-34(15-24(35)41-31)25(36)18-2-1-3-19(12-18)26(37)38/h1-13H,14-15,31H2,(H,37,38)(H4,29,30,33). The Hall–Kier alpha value is -5.82. The van der Waals surface area contributed by atoms with Gasteiger partial charge in [-0.25, -0.2) is 14.4 Å². The zero-order chi connectivity index (χ0) is 29.5. The summed E-state index contributed by atoms with van der Waals surface area (Å²) in [5.41, 5.74) is 7.08. The van der Waals surface area contributed by atoms with E-state index in [1.807, 2.05) is 0 Å². The van der Waals surface area contributed by atoms with Crippen LogP contribution in [0.4, 0.5) is 5.69 Å². The third-order valence-corrected chi connectivity index (χ3v) is 5.78. The van der Waals surface area contributed by atoms with E-state index in [1.165, 1.54) is 36.4 Å². The molecule has 1 aromatic heterocycles. The second kappa shape index (κ2) is 12.4. The molecular weight excluding hydrogens is 532 g/mol. The molecule has 3 aromatic carbocycles. The Morgan fingerprint density at radius 2 is 1.66 bits per heavy atom. The molecule has 0 saturated heterocycles. The first-order chi connectivity index (χ1) is 19.6. The maximum Gasteiger partial charge on any atom is 0.344 e. The molecule has 0 fully saturated rings. The lowest BCUT2D eigenvalue weighted by molar-refractivity contribution is -0.145. The lowest BCUT2D eigenvalue weighted by Gasteiger charge is -2.21. The maximum absolute atomic E-state index is 13.2. The molecule has 0 aliphatic heterocycles. The van der Waals surface area contributed by atoms with E-state index in [-0.39, 0.29) is 29.4 Å². The van der Waals surface area contributed by atoms with Crippen LogP contribution < -0.4 is 21.7 Å². The second-order valence-electron chi connectivity index (χ2n) is 8.70. The number of guanidine groups is 1. The molecule has 0 radical (unpaired) electrons. The highest BCUT2D eigenvalue weighted by molar-refractivity contribution is 5.99. The number of fused-ring (bicyclic) bond motifs is 1. The average Bonchev–Trinajstić information content (AvgIpc) is 2.96. The summed E-state index contributed by atoms with van der Waals surface area (Å²) >= 11 is 0. The van der Waals surface area contributed by atoms with Gasteiger partial charge in [-0.3, -0.25) is 15.2 Å². The number of amides is 1. The van der Waals surface area contributed by atoms with Gasteiger partial charge in [-0.15, -0.1) is 0 Å². The molecule has 7 N–H and O–H groups in total. The zero-order valence-corrected chi connectivity index (χ0v) is 21.4. The number of nitrogens with one attached hydrogen (secondary N) is 2. The first-order valence-electron chi connectivity index (χ1n) is 12.0. The van der Waals surface area contributed by atoms with Gasteiger partial charge in [0, 0.05) is 16.6 Å². The topological polar surface area (TPSA) is 211 Å². The fraction of sp³-hybridized carbons (Fsp3) is 0.0714. The lowest BCUT2D eigenvalue weighted by atomic mass is 10.1. The Balaban J connectivity index is 1.51. The molecule has 1 amide bonds. The molecule has 0 aliphatic rings. The number of carboxylic acids is 1. The van der Waals surface area contributed by atoms with Gasteiger partial charge in [-0.05, 0) is 66.7 Å². The number of hydrogen-bond acceptors (Lipinski definition) is 9. The van der Waals surface area contributed by atoms with E-state index >= 15 is 0 Å². The minimum absolute atomic E-state index is 0.0618. The fourth-order valence-electron chi connectivity index (χ4n) is 3.86. The van der Waals surface area contributed by atoms with Crippen molar-refractivity contribution in [3.05, 3.63) is 101 Å². The van der Waals surface area contributed by atoms with E-state index in [9.17, 15) is 24.3 Å². The van der Waals surface area contributed by atoms with Crippen LogP contribution in [-0.4, -0.2) is 51.3 Å². The highest BCUT2D eigenvalue weighted by atomic mass is 16.7. The number of nitrogens with zero attached hydrogens (tertiary/aromatic N) is 2. The number of anilines is 1. The summed E-state index contributed by atoms with van der Waals surface area (Å²) in [6.07, 6.45) is 0. The van der Waals surface area contributed by atoms with Crippen LogP contribution in [0.15, 0.2) is 78.9 Å². The Morgan fingerprint density at radius 3 is 2.34 bits per heavy atom. The number of hydrogen-bond donors (Lipinski definition) is 5. The Morgan fingerprint density at radius 1 is 0.927 bits per heavy atom. The number of esters is 1. The fourth-order valence-corrected chi connectivity index (χ4v) is 3.86. The highest BCUT2D eigenvalue weighted by Gasteiger charge is 2.22. The maximum atomic E-state index is 13.2. The number of ether oxygens (including phenoxy) is 1. The van der Waals surface area contributed by atoms with Crippen molar-refractivity contribution in [2.75, 3.05) is 11.9 Å². The third kappa shape index (κ3) is 7.19. The summed E-state index contributed by atoms with van der Waals surface area (Å²) in [7, 11) is 0.